The second-order valence-corrected chi connectivity index (χ2v) is 5.17. The van der Waals surface area contributed by atoms with Crippen LogP contribution in [0.5, 0.6) is 0 Å². The summed E-state index contributed by atoms with van der Waals surface area (Å²) in [7, 11) is 0. The lowest BCUT2D eigenvalue weighted by molar-refractivity contribution is -0.141. The molecule has 2 aliphatic rings. The van der Waals surface area contributed by atoms with Crippen LogP contribution < -0.4 is 5.32 Å². The molecule has 2 N–H and O–H groups in total. The van der Waals surface area contributed by atoms with Crippen LogP contribution in [-0.2, 0) is 9.59 Å². The van der Waals surface area contributed by atoms with Gasteiger partial charge in [0.05, 0.1) is 12.3 Å². The highest BCUT2D eigenvalue weighted by molar-refractivity contribution is 5.81. The molecule has 0 aliphatic carbocycles. The Hall–Kier alpha value is -1.10. The monoisotopic (exact) mass is 240 g/mol. The van der Waals surface area contributed by atoms with Crippen molar-refractivity contribution in [3.8, 4) is 0 Å². The maximum atomic E-state index is 12.3. The standard InChI is InChI=1S/C12H20N2O3/c1-8-6-13-7-10(8)12(17)14-4-2-3-9(14)5-11(15)16/h8-10,13H,2-7H2,1H3,(H,15,16). The number of carbonyl (C=O) groups is 2. The molecule has 3 atom stereocenters. The number of carboxylic acid groups (broad SMARTS) is 1. The Morgan fingerprint density at radius 2 is 2.18 bits per heavy atom. The van der Waals surface area contributed by atoms with Gasteiger partial charge in [-0.1, -0.05) is 6.92 Å². The van der Waals surface area contributed by atoms with Crippen molar-refractivity contribution in [3.05, 3.63) is 0 Å². The second-order valence-electron chi connectivity index (χ2n) is 5.17. The summed E-state index contributed by atoms with van der Waals surface area (Å²) in [6.45, 7) is 4.41. The Bertz CT molecular complexity index is 319. The van der Waals surface area contributed by atoms with Crippen molar-refractivity contribution in [2.24, 2.45) is 11.8 Å². The number of likely N-dealkylation sites (tertiary alicyclic amines) is 1. The normalized spacial score (nSPS) is 33.0. The highest BCUT2D eigenvalue weighted by Crippen LogP contribution is 2.26. The van der Waals surface area contributed by atoms with Crippen molar-refractivity contribution < 1.29 is 14.7 Å². The number of amides is 1. The van der Waals surface area contributed by atoms with Crippen LogP contribution in [0.25, 0.3) is 0 Å². The lowest BCUT2D eigenvalue weighted by Gasteiger charge is -2.27. The lowest BCUT2D eigenvalue weighted by Crippen LogP contribution is -2.42. The van der Waals surface area contributed by atoms with E-state index in [1.54, 1.807) is 4.90 Å². The molecule has 0 aromatic heterocycles. The van der Waals surface area contributed by atoms with Crippen molar-refractivity contribution in [3.63, 3.8) is 0 Å². The molecule has 0 radical (unpaired) electrons. The molecule has 2 heterocycles. The Labute approximate surface area is 101 Å². The molecule has 2 fully saturated rings. The summed E-state index contributed by atoms with van der Waals surface area (Å²) in [5, 5.41) is 12.1. The molecule has 0 aromatic rings. The zero-order valence-corrected chi connectivity index (χ0v) is 10.2. The lowest BCUT2D eigenvalue weighted by atomic mass is 9.96. The van der Waals surface area contributed by atoms with Crippen LogP contribution in [0.1, 0.15) is 26.2 Å². The van der Waals surface area contributed by atoms with E-state index in [4.69, 9.17) is 5.11 Å². The summed E-state index contributed by atoms with van der Waals surface area (Å²) in [5.74, 6) is -0.281. The summed E-state index contributed by atoms with van der Waals surface area (Å²) in [6, 6.07) is -0.0900. The summed E-state index contributed by atoms with van der Waals surface area (Å²) in [5.41, 5.74) is 0. The van der Waals surface area contributed by atoms with Gasteiger partial charge >= 0.3 is 5.97 Å². The summed E-state index contributed by atoms with van der Waals surface area (Å²) >= 11 is 0. The molecule has 5 heteroatoms. The molecule has 2 aliphatic heterocycles. The third kappa shape index (κ3) is 2.60. The molecule has 0 saturated carbocycles. The molecule has 0 aromatic carbocycles. The Morgan fingerprint density at radius 1 is 1.41 bits per heavy atom. The first-order chi connectivity index (χ1) is 8.09. The molecule has 3 unspecified atom stereocenters. The van der Waals surface area contributed by atoms with Gasteiger partial charge < -0.3 is 15.3 Å². The zero-order valence-electron chi connectivity index (χ0n) is 10.2. The van der Waals surface area contributed by atoms with Crippen molar-refractivity contribution >= 4 is 11.9 Å². The third-order valence-corrected chi connectivity index (χ3v) is 3.91. The predicted octanol–water partition coefficient (Wildman–Crippen LogP) is 0.308. The van der Waals surface area contributed by atoms with E-state index in [-0.39, 0.29) is 24.3 Å². The zero-order chi connectivity index (χ0) is 12.4. The molecular weight excluding hydrogens is 220 g/mol. The van der Waals surface area contributed by atoms with E-state index in [1.165, 1.54) is 0 Å². The van der Waals surface area contributed by atoms with Gasteiger partial charge in [-0.3, -0.25) is 9.59 Å². The van der Waals surface area contributed by atoms with Gasteiger partial charge in [0, 0.05) is 19.1 Å². The van der Waals surface area contributed by atoms with Crippen molar-refractivity contribution in [1.82, 2.24) is 10.2 Å². The number of aliphatic carboxylic acids is 1. The second kappa shape index (κ2) is 5.04. The van der Waals surface area contributed by atoms with Crippen LogP contribution in [0.4, 0.5) is 0 Å². The first-order valence-corrected chi connectivity index (χ1v) is 6.32. The molecular formula is C12H20N2O3. The molecule has 5 nitrogen and oxygen atoms in total. The largest absolute Gasteiger partial charge is 0.481 e. The van der Waals surface area contributed by atoms with E-state index in [0.717, 1.165) is 32.5 Å². The van der Waals surface area contributed by atoms with Crippen molar-refractivity contribution in [2.75, 3.05) is 19.6 Å². The highest BCUT2D eigenvalue weighted by Gasteiger charge is 2.37. The quantitative estimate of drug-likeness (QED) is 0.745. The molecule has 2 rings (SSSR count). The number of hydrogen-bond donors (Lipinski definition) is 2. The smallest absolute Gasteiger partial charge is 0.305 e. The molecule has 1 amide bonds. The molecule has 2 saturated heterocycles. The van der Waals surface area contributed by atoms with Gasteiger partial charge in [-0.15, -0.1) is 0 Å². The predicted molar refractivity (Wildman–Crippen MR) is 62.5 cm³/mol. The third-order valence-electron chi connectivity index (χ3n) is 3.91. The maximum Gasteiger partial charge on any atom is 0.305 e. The van der Waals surface area contributed by atoms with Crippen molar-refractivity contribution in [1.29, 1.82) is 0 Å². The van der Waals surface area contributed by atoms with Gasteiger partial charge in [0.2, 0.25) is 5.91 Å². The Balaban J connectivity index is 2.00. The number of carboxylic acids is 1. The maximum absolute atomic E-state index is 12.3. The molecule has 17 heavy (non-hydrogen) atoms. The SMILES string of the molecule is CC1CNCC1C(=O)N1CCCC1CC(=O)O. The Morgan fingerprint density at radius 3 is 2.76 bits per heavy atom. The number of hydrogen-bond acceptors (Lipinski definition) is 3. The van der Waals surface area contributed by atoms with Gasteiger partial charge in [-0.25, -0.2) is 0 Å². The first-order valence-electron chi connectivity index (χ1n) is 6.32. The van der Waals surface area contributed by atoms with E-state index < -0.39 is 5.97 Å². The average Bonchev–Trinajstić information content (AvgIpc) is 2.85. The van der Waals surface area contributed by atoms with Crippen LogP contribution >= 0.6 is 0 Å². The van der Waals surface area contributed by atoms with Crippen LogP contribution in [0.3, 0.4) is 0 Å². The fraction of sp³-hybridized carbons (Fsp3) is 0.833. The molecule has 96 valence electrons. The minimum atomic E-state index is -0.813. The van der Waals surface area contributed by atoms with Gasteiger partial charge in [0.25, 0.3) is 0 Å². The summed E-state index contributed by atoms with van der Waals surface area (Å²) in [6.07, 6.45) is 1.84. The summed E-state index contributed by atoms with van der Waals surface area (Å²) < 4.78 is 0. The first kappa shape index (κ1) is 12.4. The van der Waals surface area contributed by atoms with Crippen molar-refractivity contribution in [2.45, 2.75) is 32.2 Å². The minimum Gasteiger partial charge on any atom is -0.481 e. The molecule has 0 spiro atoms. The Kier molecular flexibility index (Phi) is 3.66. The topological polar surface area (TPSA) is 69.6 Å². The van der Waals surface area contributed by atoms with E-state index >= 15 is 0 Å². The van der Waals surface area contributed by atoms with E-state index in [0.29, 0.717) is 5.92 Å². The van der Waals surface area contributed by atoms with E-state index in [1.807, 2.05) is 0 Å². The van der Waals surface area contributed by atoms with Gasteiger partial charge in [0.15, 0.2) is 0 Å². The summed E-state index contributed by atoms with van der Waals surface area (Å²) in [4.78, 5) is 24.9. The molecule has 0 bridgehead atoms. The van der Waals surface area contributed by atoms with Gasteiger partial charge in [-0.05, 0) is 25.3 Å². The van der Waals surface area contributed by atoms with Crippen LogP contribution in [-0.4, -0.2) is 47.6 Å². The highest BCUT2D eigenvalue weighted by atomic mass is 16.4. The van der Waals surface area contributed by atoms with E-state index in [2.05, 4.69) is 12.2 Å². The van der Waals surface area contributed by atoms with Crippen LogP contribution in [0, 0.1) is 11.8 Å². The minimum absolute atomic E-state index is 0.0318. The van der Waals surface area contributed by atoms with E-state index in [9.17, 15) is 9.59 Å². The van der Waals surface area contributed by atoms with Crippen LogP contribution in [0.2, 0.25) is 0 Å². The number of nitrogens with one attached hydrogen (secondary N) is 1. The van der Waals surface area contributed by atoms with Gasteiger partial charge in [0.1, 0.15) is 0 Å². The average molecular weight is 240 g/mol. The van der Waals surface area contributed by atoms with Crippen LogP contribution in [0.15, 0.2) is 0 Å². The number of nitrogens with zero attached hydrogens (tertiary/aromatic N) is 1. The fourth-order valence-corrected chi connectivity index (χ4v) is 2.89. The number of rotatable bonds is 3. The fourth-order valence-electron chi connectivity index (χ4n) is 2.89. The van der Waals surface area contributed by atoms with Gasteiger partial charge in [-0.2, -0.15) is 0 Å². The number of carbonyl (C=O) groups excluding carboxylic acids is 1.